The zero-order valence-corrected chi connectivity index (χ0v) is 16.6. The molecule has 1 aromatic rings. The van der Waals surface area contributed by atoms with Crippen LogP contribution in [0.15, 0.2) is 23.3 Å². The van der Waals surface area contributed by atoms with Crippen molar-refractivity contribution in [3.8, 4) is 0 Å². The van der Waals surface area contributed by atoms with Crippen LogP contribution in [-0.4, -0.2) is 48.4 Å². The summed E-state index contributed by atoms with van der Waals surface area (Å²) < 4.78 is 40.7. The second-order valence-corrected chi connectivity index (χ2v) is 9.99. The number of aliphatic hydroxyl groups is 1. The Bertz CT molecular complexity index is 958. The second kappa shape index (κ2) is 9.76. The number of nitro groups is 1. The number of hydrogen-bond acceptors (Lipinski definition) is 10. The Morgan fingerprint density at radius 3 is 2.38 bits per heavy atom. The fraction of sp³-hybridized carbons (Fsp3) is 0.333. The predicted octanol–water partition coefficient (Wildman–Crippen LogP) is 1.72. The van der Waals surface area contributed by atoms with Crippen molar-refractivity contribution in [2.24, 2.45) is 5.11 Å². The summed E-state index contributed by atoms with van der Waals surface area (Å²) in [7, 11) is -16.2. The van der Waals surface area contributed by atoms with Crippen molar-refractivity contribution >= 4 is 40.3 Å². The lowest BCUT2D eigenvalue weighted by Gasteiger charge is -2.19. The molecule has 0 heterocycles. The van der Waals surface area contributed by atoms with Crippen LogP contribution in [0.1, 0.15) is 0 Å². The number of azide groups is 1. The van der Waals surface area contributed by atoms with Gasteiger partial charge in [0, 0.05) is 23.2 Å². The topological polar surface area (TPSA) is 275 Å². The Labute approximate surface area is 161 Å². The van der Waals surface area contributed by atoms with Crippen molar-refractivity contribution in [3.63, 3.8) is 0 Å². The van der Waals surface area contributed by atoms with Gasteiger partial charge < -0.3 is 30.0 Å². The van der Waals surface area contributed by atoms with E-state index in [1.165, 1.54) is 6.07 Å². The molecule has 0 radical (unpaired) electrons. The molecule has 6 N–H and O–H groups in total. The standard InChI is InChI=1S/C9H14N5O12P3/c10-13-12-6-1-2-8(9(3-6)14(16)17)11-4-7(15)5-27(18,19)25-29(23,24)26-28(20,21)22/h1-3,7,11,15H,4-5H2,(H,18,19)(H,23,24)(H2,20,21,22). The van der Waals surface area contributed by atoms with Gasteiger partial charge in [-0.1, -0.05) is 11.2 Å². The molecule has 0 aliphatic heterocycles. The molecule has 0 saturated carbocycles. The Morgan fingerprint density at radius 2 is 1.86 bits per heavy atom. The van der Waals surface area contributed by atoms with Gasteiger partial charge in [0.05, 0.1) is 17.2 Å². The minimum Gasteiger partial charge on any atom is -0.391 e. The average Bonchev–Trinajstić information content (AvgIpc) is 2.49. The molecule has 3 atom stereocenters. The summed E-state index contributed by atoms with van der Waals surface area (Å²) in [5.74, 6) is 0. The van der Waals surface area contributed by atoms with Crippen LogP contribution in [0.5, 0.6) is 0 Å². The minimum absolute atomic E-state index is 0.0673. The first-order chi connectivity index (χ1) is 13.1. The highest BCUT2D eigenvalue weighted by Gasteiger charge is 2.40. The molecule has 0 amide bonds. The Balaban J connectivity index is 2.80. The van der Waals surface area contributed by atoms with Gasteiger partial charge in [-0.25, -0.2) is 13.4 Å². The van der Waals surface area contributed by atoms with Crippen LogP contribution >= 0.6 is 23.2 Å². The van der Waals surface area contributed by atoms with E-state index in [1.807, 2.05) is 0 Å². The number of nitrogens with one attached hydrogen (secondary N) is 1. The van der Waals surface area contributed by atoms with E-state index in [0.29, 0.717) is 0 Å². The number of aliphatic hydroxyl groups excluding tert-OH is 1. The van der Waals surface area contributed by atoms with E-state index in [0.717, 1.165) is 12.1 Å². The number of rotatable bonds is 11. The maximum atomic E-state index is 11.8. The number of phosphoric acid groups is 2. The first-order valence-corrected chi connectivity index (χ1v) is 11.8. The second-order valence-electron chi connectivity index (χ2n) is 5.13. The van der Waals surface area contributed by atoms with Crippen LogP contribution in [0.4, 0.5) is 17.1 Å². The van der Waals surface area contributed by atoms with E-state index >= 15 is 0 Å². The van der Waals surface area contributed by atoms with Gasteiger partial charge >= 0.3 is 23.2 Å². The third-order valence-corrected chi connectivity index (χ3v) is 7.15. The molecule has 1 rings (SSSR count). The van der Waals surface area contributed by atoms with Crippen molar-refractivity contribution < 1.29 is 51.9 Å². The quantitative estimate of drug-likeness (QED) is 0.0662. The van der Waals surface area contributed by atoms with Crippen molar-refractivity contribution in [1.82, 2.24) is 0 Å². The molecule has 0 aliphatic carbocycles. The molecule has 0 aliphatic rings. The van der Waals surface area contributed by atoms with Gasteiger partial charge in [0.25, 0.3) is 5.69 Å². The lowest BCUT2D eigenvalue weighted by molar-refractivity contribution is -0.383. The fourth-order valence-electron chi connectivity index (χ4n) is 1.84. The van der Waals surface area contributed by atoms with Gasteiger partial charge in [-0.3, -0.25) is 14.7 Å². The summed E-state index contributed by atoms with van der Waals surface area (Å²) in [6.07, 6.45) is -2.96. The highest BCUT2D eigenvalue weighted by atomic mass is 31.3. The predicted molar refractivity (Wildman–Crippen MR) is 95.1 cm³/mol. The maximum absolute atomic E-state index is 11.8. The fourth-order valence-corrected chi connectivity index (χ4v) is 5.52. The summed E-state index contributed by atoms with van der Waals surface area (Å²) in [6.45, 7) is -0.579. The third kappa shape index (κ3) is 9.45. The third-order valence-electron chi connectivity index (χ3n) is 2.75. The summed E-state index contributed by atoms with van der Waals surface area (Å²) in [5, 5.41) is 26.4. The Kier molecular flexibility index (Phi) is 8.47. The van der Waals surface area contributed by atoms with Gasteiger partial charge in [0.1, 0.15) is 5.69 Å². The minimum atomic E-state index is -5.64. The number of anilines is 1. The molecular weight excluding hydrogens is 463 g/mol. The summed E-state index contributed by atoms with van der Waals surface area (Å²) in [6, 6.07) is 3.28. The molecule has 0 aromatic heterocycles. The molecule has 0 bridgehead atoms. The van der Waals surface area contributed by atoms with Crippen molar-refractivity contribution in [2.75, 3.05) is 18.0 Å². The maximum Gasteiger partial charge on any atom is 0.488 e. The van der Waals surface area contributed by atoms with E-state index in [4.69, 9.17) is 20.2 Å². The van der Waals surface area contributed by atoms with Gasteiger partial charge in [0.15, 0.2) is 0 Å². The van der Waals surface area contributed by atoms with Crippen molar-refractivity contribution in [3.05, 3.63) is 38.8 Å². The molecule has 1 aromatic carbocycles. The zero-order valence-electron chi connectivity index (χ0n) is 13.9. The first-order valence-electron chi connectivity index (χ1n) is 7.02. The monoisotopic (exact) mass is 477 g/mol. The highest BCUT2D eigenvalue weighted by Crippen LogP contribution is 2.66. The van der Waals surface area contributed by atoms with E-state index in [-0.39, 0.29) is 11.4 Å². The lowest BCUT2D eigenvalue weighted by Crippen LogP contribution is -2.24. The SMILES string of the molecule is [N-]=[N+]=Nc1ccc(NCC(O)CP(=O)(O)OP(=O)(O)OP(=O)(O)O)c([N+](=O)[O-])c1. The van der Waals surface area contributed by atoms with Crippen LogP contribution in [0.2, 0.25) is 0 Å². The molecule has 0 spiro atoms. The summed E-state index contributed by atoms with van der Waals surface area (Å²) in [5.41, 5.74) is 7.57. The Morgan fingerprint density at radius 1 is 1.24 bits per heavy atom. The number of nitro benzene ring substituents is 1. The van der Waals surface area contributed by atoms with Gasteiger partial charge in [-0.05, 0) is 11.6 Å². The highest BCUT2D eigenvalue weighted by molar-refractivity contribution is 7.68. The summed E-state index contributed by atoms with van der Waals surface area (Å²) in [4.78, 5) is 48.1. The number of benzene rings is 1. The van der Waals surface area contributed by atoms with Crippen LogP contribution in [-0.2, 0) is 22.3 Å². The molecule has 162 valence electrons. The largest absolute Gasteiger partial charge is 0.488 e. The van der Waals surface area contributed by atoms with E-state index in [2.05, 4.69) is 24.0 Å². The lowest BCUT2D eigenvalue weighted by atomic mass is 10.2. The average molecular weight is 477 g/mol. The van der Waals surface area contributed by atoms with Crippen LogP contribution < -0.4 is 5.32 Å². The molecule has 29 heavy (non-hydrogen) atoms. The summed E-state index contributed by atoms with van der Waals surface area (Å²) >= 11 is 0. The molecule has 0 saturated heterocycles. The van der Waals surface area contributed by atoms with Crippen molar-refractivity contribution in [1.29, 1.82) is 0 Å². The number of hydrogen-bond donors (Lipinski definition) is 6. The smallest absolute Gasteiger partial charge is 0.391 e. The van der Waals surface area contributed by atoms with E-state index in [1.54, 1.807) is 0 Å². The molecule has 17 nitrogen and oxygen atoms in total. The molecule has 20 heteroatoms. The van der Waals surface area contributed by atoms with E-state index < -0.39 is 52.7 Å². The number of nitrogens with zero attached hydrogens (tertiary/aromatic N) is 4. The van der Waals surface area contributed by atoms with Crippen LogP contribution in [0, 0.1) is 10.1 Å². The van der Waals surface area contributed by atoms with Gasteiger partial charge in [-0.15, -0.1) is 0 Å². The van der Waals surface area contributed by atoms with Crippen molar-refractivity contribution in [2.45, 2.75) is 6.10 Å². The molecule has 0 fully saturated rings. The normalized spacial score (nSPS) is 16.7. The zero-order chi connectivity index (χ0) is 22.5. The van der Waals surface area contributed by atoms with Gasteiger partial charge in [-0.2, -0.15) is 4.31 Å². The van der Waals surface area contributed by atoms with E-state index in [9.17, 15) is 33.8 Å². The van der Waals surface area contributed by atoms with Crippen LogP contribution in [0.25, 0.3) is 10.4 Å². The van der Waals surface area contributed by atoms with Gasteiger partial charge in [0.2, 0.25) is 0 Å². The molecule has 3 unspecified atom stereocenters. The van der Waals surface area contributed by atoms with Crippen LogP contribution in [0.3, 0.4) is 0 Å². The molecular formula is C9H14N5O12P3. The Hall–Kier alpha value is -1.86. The first kappa shape index (κ1) is 25.2.